The Morgan fingerprint density at radius 1 is 1.23 bits per heavy atom. The third-order valence-corrected chi connectivity index (χ3v) is 5.25. The standard InChI is InChI=1S/C19H24N2O3S2/c1-3-4-5-6-7-8-17(22)20-21-18(23)16(26-19(21)25)13-14-9-11-15(24-2)12-10-14/h9-13H,3-8H2,1-2H3,(H,20,22). The van der Waals surface area contributed by atoms with Gasteiger partial charge in [-0.25, -0.2) is 0 Å². The quantitative estimate of drug-likeness (QED) is 0.386. The number of benzene rings is 1. The molecule has 0 unspecified atom stereocenters. The van der Waals surface area contributed by atoms with Crippen LogP contribution in [0, 0.1) is 0 Å². The number of ether oxygens (including phenoxy) is 1. The fourth-order valence-electron chi connectivity index (χ4n) is 2.49. The Labute approximate surface area is 164 Å². The lowest BCUT2D eigenvalue weighted by Gasteiger charge is -2.15. The molecular formula is C19H24N2O3S2. The van der Waals surface area contributed by atoms with E-state index in [-0.39, 0.29) is 11.8 Å². The molecule has 2 rings (SSSR count). The maximum atomic E-state index is 12.5. The Balaban J connectivity index is 1.91. The first kappa shape index (κ1) is 20.5. The van der Waals surface area contributed by atoms with Crippen molar-refractivity contribution in [2.75, 3.05) is 7.11 Å². The number of thioether (sulfide) groups is 1. The molecule has 0 aromatic heterocycles. The van der Waals surface area contributed by atoms with Gasteiger partial charge in [0.05, 0.1) is 12.0 Å². The summed E-state index contributed by atoms with van der Waals surface area (Å²) in [6.07, 6.45) is 7.50. The summed E-state index contributed by atoms with van der Waals surface area (Å²) in [6.45, 7) is 2.15. The fourth-order valence-corrected chi connectivity index (χ4v) is 3.66. The van der Waals surface area contributed by atoms with E-state index in [1.165, 1.54) is 29.6 Å². The van der Waals surface area contributed by atoms with Gasteiger partial charge < -0.3 is 4.74 Å². The fraction of sp³-hybridized carbons (Fsp3) is 0.421. The predicted octanol–water partition coefficient (Wildman–Crippen LogP) is 4.29. The lowest BCUT2D eigenvalue weighted by atomic mass is 10.1. The maximum Gasteiger partial charge on any atom is 0.285 e. The number of amides is 2. The van der Waals surface area contributed by atoms with Crippen LogP contribution >= 0.6 is 24.0 Å². The van der Waals surface area contributed by atoms with E-state index in [4.69, 9.17) is 17.0 Å². The Bertz CT molecular complexity index is 687. The first-order valence-corrected chi connectivity index (χ1v) is 9.99. The summed E-state index contributed by atoms with van der Waals surface area (Å²) in [7, 11) is 1.60. The monoisotopic (exact) mass is 392 g/mol. The first-order chi connectivity index (χ1) is 12.5. The number of hydrogen-bond donors (Lipinski definition) is 1. The average molecular weight is 393 g/mol. The zero-order chi connectivity index (χ0) is 18.9. The van der Waals surface area contributed by atoms with E-state index in [0.29, 0.717) is 15.6 Å². The van der Waals surface area contributed by atoms with Gasteiger partial charge in [0, 0.05) is 6.42 Å². The number of nitrogens with zero attached hydrogens (tertiary/aromatic N) is 1. The molecule has 1 aliphatic rings. The van der Waals surface area contributed by atoms with Crippen LogP contribution in [0.3, 0.4) is 0 Å². The average Bonchev–Trinajstić information content (AvgIpc) is 2.89. The number of thiocarbonyl (C=S) groups is 1. The van der Waals surface area contributed by atoms with Crippen molar-refractivity contribution in [1.82, 2.24) is 10.4 Å². The number of hydrogen-bond acceptors (Lipinski definition) is 5. The summed E-state index contributed by atoms with van der Waals surface area (Å²) in [4.78, 5) is 25.0. The van der Waals surface area contributed by atoms with E-state index < -0.39 is 0 Å². The van der Waals surface area contributed by atoms with Gasteiger partial charge in [-0.05, 0) is 42.4 Å². The van der Waals surface area contributed by atoms with Crippen LogP contribution in [0.1, 0.15) is 51.0 Å². The highest BCUT2D eigenvalue weighted by atomic mass is 32.2. The normalized spacial score (nSPS) is 15.6. The number of carbonyl (C=O) groups excluding carboxylic acids is 2. The molecule has 140 valence electrons. The number of carbonyl (C=O) groups is 2. The van der Waals surface area contributed by atoms with Crippen LogP contribution in [0.2, 0.25) is 0 Å². The second-order valence-corrected chi connectivity index (χ2v) is 7.67. The van der Waals surface area contributed by atoms with Crippen LogP contribution < -0.4 is 10.2 Å². The van der Waals surface area contributed by atoms with E-state index in [0.717, 1.165) is 30.6 Å². The summed E-state index contributed by atoms with van der Waals surface area (Å²) in [5.74, 6) is 0.277. The third kappa shape index (κ3) is 5.85. The van der Waals surface area contributed by atoms with Crippen molar-refractivity contribution in [2.24, 2.45) is 0 Å². The van der Waals surface area contributed by atoms with Crippen LogP contribution in [-0.4, -0.2) is 28.3 Å². The summed E-state index contributed by atoms with van der Waals surface area (Å²) < 4.78 is 5.46. The lowest BCUT2D eigenvalue weighted by molar-refractivity contribution is -0.133. The van der Waals surface area contributed by atoms with E-state index in [1.807, 2.05) is 24.3 Å². The molecular weight excluding hydrogens is 368 g/mol. The zero-order valence-corrected chi connectivity index (χ0v) is 16.8. The number of hydrazine groups is 1. The highest BCUT2D eigenvalue weighted by Gasteiger charge is 2.33. The van der Waals surface area contributed by atoms with Gasteiger partial charge in [-0.2, -0.15) is 5.01 Å². The summed E-state index contributed by atoms with van der Waals surface area (Å²) >= 11 is 6.42. The molecule has 1 fully saturated rings. The Hall–Kier alpha value is -1.86. The smallest absolute Gasteiger partial charge is 0.285 e. The van der Waals surface area contributed by atoms with Crippen LogP contribution in [-0.2, 0) is 9.59 Å². The van der Waals surface area contributed by atoms with E-state index in [1.54, 1.807) is 13.2 Å². The third-order valence-electron chi connectivity index (χ3n) is 3.95. The minimum Gasteiger partial charge on any atom is -0.497 e. The summed E-state index contributed by atoms with van der Waals surface area (Å²) in [5.41, 5.74) is 3.49. The van der Waals surface area contributed by atoms with Gasteiger partial charge in [0.15, 0.2) is 4.32 Å². The van der Waals surface area contributed by atoms with Crippen molar-refractivity contribution in [3.63, 3.8) is 0 Å². The van der Waals surface area contributed by atoms with Crippen LogP contribution in [0.5, 0.6) is 5.75 Å². The minimum atomic E-state index is -0.296. The Morgan fingerprint density at radius 2 is 1.92 bits per heavy atom. The van der Waals surface area contributed by atoms with Crippen molar-refractivity contribution in [1.29, 1.82) is 0 Å². The van der Waals surface area contributed by atoms with Gasteiger partial charge in [-0.1, -0.05) is 56.5 Å². The molecule has 0 atom stereocenters. The highest BCUT2D eigenvalue weighted by molar-refractivity contribution is 8.26. The van der Waals surface area contributed by atoms with Gasteiger partial charge in [-0.3, -0.25) is 15.0 Å². The van der Waals surface area contributed by atoms with E-state index >= 15 is 0 Å². The second kappa shape index (κ2) is 10.3. The molecule has 0 spiro atoms. The van der Waals surface area contributed by atoms with Crippen molar-refractivity contribution in [3.05, 3.63) is 34.7 Å². The minimum absolute atomic E-state index is 0.177. The van der Waals surface area contributed by atoms with Crippen molar-refractivity contribution < 1.29 is 14.3 Å². The van der Waals surface area contributed by atoms with Gasteiger partial charge in [0.25, 0.3) is 5.91 Å². The first-order valence-electron chi connectivity index (χ1n) is 8.76. The lowest BCUT2D eigenvalue weighted by Crippen LogP contribution is -2.44. The number of nitrogens with one attached hydrogen (secondary N) is 1. The van der Waals surface area contributed by atoms with Crippen molar-refractivity contribution in [3.8, 4) is 5.75 Å². The molecule has 1 heterocycles. The van der Waals surface area contributed by atoms with Crippen molar-refractivity contribution >= 4 is 46.2 Å². The summed E-state index contributed by atoms with van der Waals surface area (Å²) in [6, 6.07) is 7.38. The molecule has 1 aromatic carbocycles. The topological polar surface area (TPSA) is 58.6 Å². The van der Waals surface area contributed by atoms with Gasteiger partial charge in [0.1, 0.15) is 5.75 Å². The highest BCUT2D eigenvalue weighted by Crippen LogP contribution is 2.31. The summed E-state index contributed by atoms with van der Waals surface area (Å²) in [5, 5.41) is 1.17. The van der Waals surface area contributed by atoms with Crippen molar-refractivity contribution in [2.45, 2.75) is 45.4 Å². The SMILES string of the molecule is CCCCCCCC(=O)NN1C(=O)C(=Cc2ccc(OC)cc2)SC1=S. The molecule has 1 aliphatic heterocycles. The van der Waals surface area contributed by atoms with Crippen LogP contribution in [0.15, 0.2) is 29.2 Å². The van der Waals surface area contributed by atoms with E-state index in [2.05, 4.69) is 12.3 Å². The molecule has 5 nitrogen and oxygen atoms in total. The van der Waals surface area contributed by atoms with Crippen LogP contribution in [0.4, 0.5) is 0 Å². The zero-order valence-electron chi connectivity index (χ0n) is 15.1. The molecule has 0 saturated carbocycles. The molecule has 1 aromatic rings. The second-order valence-electron chi connectivity index (χ2n) is 5.99. The molecule has 26 heavy (non-hydrogen) atoms. The molecule has 7 heteroatoms. The molecule has 0 aliphatic carbocycles. The largest absolute Gasteiger partial charge is 0.497 e. The Kier molecular flexibility index (Phi) is 8.12. The maximum absolute atomic E-state index is 12.5. The molecule has 2 amide bonds. The van der Waals surface area contributed by atoms with Crippen LogP contribution in [0.25, 0.3) is 6.08 Å². The van der Waals surface area contributed by atoms with E-state index in [9.17, 15) is 9.59 Å². The van der Waals surface area contributed by atoms with Gasteiger partial charge in [-0.15, -0.1) is 0 Å². The predicted molar refractivity (Wildman–Crippen MR) is 110 cm³/mol. The van der Waals surface area contributed by atoms with Gasteiger partial charge in [0.2, 0.25) is 5.91 Å². The van der Waals surface area contributed by atoms with Gasteiger partial charge >= 0.3 is 0 Å². The molecule has 1 N–H and O–H groups in total. The molecule has 1 saturated heterocycles. The number of unbranched alkanes of at least 4 members (excludes halogenated alkanes) is 4. The number of rotatable bonds is 9. The Morgan fingerprint density at radius 3 is 2.58 bits per heavy atom. The molecule has 0 bridgehead atoms. The number of methoxy groups -OCH3 is 1. The molecule has 0 radical (unpaired) electrons.